The molecule has 0 aliphatic carbocycles. The Labute approximate surface area is 123 Å². The molecule has 0 heterocycles. The molecule has 0 saturated carbocycles. The molecular weight excluding hydrogens is 272 g/mol. The molecule has 1 aromatic rings. The zero-order valence-electron chi connectivity index (χ0n) is 11.8. The standard InChI is InChI=1S/C14H18N4OS/c1-4-10(2)17-13(19)11-7-5-6-8-12(11)18-14(20-3)16-9-15/h5-8,10H,4H2,1-3H3,(H,16,18)(H,17,19). The van der Waals surface area contributed by atoms with Gasteiger partial charge >= 0.3 is 0 Å². The van der Waals surface area contributed by atoms with Gasteiger partial charge in [0.1, 0.15) is 0 Å². The Kier molecular flexibility index (Phi) is 6.60. The maximum absolute atomic E-state index is 12.2. The number of nitrogens with zero attached hydrogens (tertiary/aromatic N) is 2. The fourth-order valence-electron chi connectivity index (χ4n) is 1.45. The summed E-state index contributed by atoms with van der Waals surface area (Å²) in [6.45, 7) is 3.96. The van der Waals surface area contributed by atoms with Crippen molar-refractivity contribution in [3.05, 3.63) is 29.8 Å². The zero-order chi connectivity index (χ0) is 15.0. The van der Waals surface area contributed by atoms with Gasteiger partial charge in [-0.3, -0.25) is 10.1 Å². The Morgan fingerprint density at radius 2 is 2.20 bits per heavy atom. The van der Waals surface area contributed by atoms with Gasteiger partial charge in [-0.1, -0.05) is 30.8 Å². The molecule has 1 amide bonds. The normalized spacial score (nSPS) is 12.4. The molecule has 0 aliphatic rings. The van der Waals surface area contributed by atoms with E-state index < -0.39 is 0 Å². The molecule has 0 aromatic heterocycles. The first-order chi connectivity index (χ1) is 9.62. The molecule has 0 aliphatic heterocycles. The zero-order valence-corrected chi connectivity index (χ0v) is 12.6. The predicted octanol–water partition coefficient (Wildman–Crippen LogP) is 2.64. The van der Waals surface area contributed by atoms with E-state index in [0.717, 1.165) is 6.42 Å². The number of para-hydroxylation sites is 1. The lowest BCUT2D eigenvalue weighted by atomic mass is 10.1. The van der Waals surface area contributed by atoms with Crippen molar-refractivity contribution in [2.24, 2.45) is 4.99 Å². The van der Waals surface area contributed by atoms with E-state index in [-0.39, 0.29) is 11.9 Å². The van der Waals surface area contributed by atoms with Crippen molar-refractivity contribution in [1.29, 1.82) is 5.26 Å². The first-order valence-electron chi connectivity index (χ1n) is 6.30. The molecule has 5 nitrogen and oxygen atoms in total. The van der Waals surface area contributed by atoms with E-state index in [0.29, 0.717) is 16.4 Å². The summed E-state index contributed by atoms with van der Waals surface area (Å²) in [6.07, 6.45) is 4.50. The first-order valence-corrected chi connectivity index (χ1v) is 7.52. The van der Waals surface area contributed by atoms with Gasteiger partial charge in [0.15, 0.2) is 11.4 Å². The highest BCUT2D eigenvalue weighted by molar-refractivity contribution is 8.13. The molecule has 0 saturated heterocycles. The lowest BCUT2D eigenvalue weighted by Gasteiger charge is -2.12. The third-order valence-electron chi connectivity index (χ3n) is 2.72. The van der Waals surface area contributed by atoms with Crippen LogP contribution in [-0.2, 0) is 0 Å². The van der Waals surface area contributed by atoms with Crippen molar-refractivity contribution in [2.45, 2.75) is 26.3 Å². The quantitative estimate of drug-likeness (QED) is 0.387. The van der Waals surface area contributed by atoms with Crippen LogP contribution in [0.25, 0.3) is 0 Å². The molecule has 1 aromatic carbocycles. The Balaban J connectivity index is 3.05. The van der Waals surface area contributed by atoms with Crippen molar-refractivity contribution in [1.82, 2.24) is 10.6 Å². The fourth-order valence-corrected chi connectivity index (χ4v) is 1.79. The van der Waals surface area contributed by atoms with Crippen molar-refractivity contribution in [3.63, 3.8) is 0 Å². The first kappa shape index (κ1) is 16.1. The molecule has 0 spiro atoms. The second kappa shape index (κ2) is 8.23. The van der Waals surface area contributed by atoms with Gasteiger partial charge in [-0.2, -0.15) is 5.26 Å². The van der Waals surface area contributed by atoms with E-state index in [2.05, 4.69) is 15.6 Å². The Bertz CT molecular complexity index is 536. The molecule has 1 rings (SSSR count). The van der Waals surface area contributed by atoms with Gasteiger partial charge in [-0.15, -0.1) is 0 Å². The molecule has 6 heteroatoms. The number of hydrogen-bond acceptors (Lipinski definition) is 4. The van der Waals surface area contributed by atoms with Crippen LogP contribution in [0.1, 0.15) is 30.6 Å². The van der Waals surface area contributed by atoms with E-state index in [1.54, 1.807) is 18.2 Å². The fraction of sp³-hybridized carbons (Fsp3) is 0.357. The van der Waals surface area contributed by atoms with E-state index in [1.807, 2.05) is 32.4 Å². The topological polar surface area (TPSA) is 77.3 Å². The maximum atomic E-state index is 12.2. The summed E-state index contributed by atoms with van der Waals surface area (Å²) in [5.74, 6) is -0.156. The smallest absolute Gasteiger partial charge is 0.253 e. The van der Waals surface area contributed by atoms with Crippen LogP contribution in [-0.4, -0.2) is 23.4 Å². The molecular formula is C14H18N4OS. The SMILES string of the molecule is CCC(C)NC(=O)c1ccccc1N=C(NC#N)SC. The van der Waals surface area contributed by atoms with Crippen LogP contribution in [0.15, 0.2) is 29.3 Å². The summed E-state index contributed by atoms with van der Waals surface area (Å²) in [6, 6.07) is 7.18. The second-order valence-corrected chi connectivity index (χ2v) is 4.95. The van der Waals surface area contributed by atoms with Crippen LogP contribution < -0.4 is 10.6 Å². The summed E-state index contributed by atoms with van der Waals surface area (Å²) >= 11 is 1.31. The number of rotatable bonds is 4. The van der Waals surface area contributed by atoms with Crippen LogP contribution in [0.2, 0.25) is 0 Å². The molecule has 1 unspecified atom stereocenters. The number of amides is 1. The Hall–Kier alpha value is -2.00. The van der Waals surface area contributed by atoms with Crippen molar-refractivity contribution < 1.29 is 4.79 Å². The molecule has 2 N–H and O–H groups in total. The lowest BCUT2D eigenvalue weighted by molar-refractivity contribution is 0.0940. The van der Waals surface area contributed by atoms with Gasteiger partial charge in [0, 0.05) is 6.04 Å². The molecule has 0 fully saturated rings. The number of benzene rings is 1. The minimum Gasteiger partial charge on any atom is -0.350 e. The summed E-state index contributed by atoms with van der Waals surface area (Å²) in [5.41, 5.74) is 1.04. The highest BCUT2D eigenvalue weighted by atomic mass is 32.2. The van der Waals surface area contributed by atoms with Crippen molar-refractivity contribution >= 4 is 28.5 Å². The van der Waals surface area contributed by atoms with Crippen LogP contribution in [0.4, 0.5) is 5.69 Å². The minimum absolute atomic E-state index is 0.108. The Morgan fingerprint density at radius 1 is 1.50 bits per heavy atom. The van der Waals surface area contributed by atoms with Gasteiger partial charge in [0.05, 0.1) is 11.3 Å². The van der Waals surface area contributed by atoms with Gasteiger partial charge < -0.3 is 5.32 Å². The van der Waals surface area contributed by atoms with Crippen LogP contribution >= 0.6 is 11.8 Å². The Morgan fingerprint density at radius 3 is 2.80 bits per heavy atom. The van der Waals surface area contributed by atoms with Crippen molar-refractivity contribution in [3.8, 4) is 6.19 Å². The maximum Gasteiger partial charge on any atom is 0.253 e. The van der Waals surface area contributed by atoms with Crippen LogP contribution in [0.3, 0.4) is 0 Å². The number of carbonyl (C=O) groups is 1. The summed E-state index contributed by atoms with van der Waals surface area (Å²) in [7, 11) is 0. The number of aliphatic imine (C=N–C) groups is 1. The average molecular weight is 290 g/mol. The highest BCUT2D eigenvalue weighted by Gasteiger charge is 2.12. The molecule has 106 valence electrons. The summed E-state index contributed by atoms with van der Waals surface area (Å²) in [5, 5.41) is 14.5. The molecule has 0 bridgehead atoms. The number of nitrogens with one attached hydrogen (secondary N) is 2. The lowest BCUT2D eigenvalue weighted by Crippen LogP contribution is -2.32. The minimum atomic E-state index is -0.156. The van der Waals surface area contributed by atoms with Crippen LogP contribution in [0, 0.1) is 11.5 Å². The van der Waals surface area contributed by atoms with Gasteiger partial charge in [-0.05, 0) is 31.7 Å². The van der Waals surface area contributed by atoms with E-state index in [9.17, 15) is 4.79 Å². The molecule has 20 heavy (non-hydrogen) atoms. The van der Waals surface area contributed by atoms with Gasteiger partial charge in [0.2, 0.25) is 0 Å². The number of hydrogen-bond donors (Lipinski definition) is 2. The number of thioether (sulfide) groups is 1. The monoisotopic (exact) mass is 290 g/mol. The van der Waals surface area contributed by atoms with Crippen molar-refractivity contribution in [2.75, 3.05) is 6.26 Å². The molecule has 1 atom stereocenters. The number of carbonyl (C=O) groups excluding carboxylic acids is 1. The van der Waals surface area contributed by atoms with E-state index in [1.165, 1.54) is 11.8 Å². The van der Waals surface area contributed by atoms with Crippen LogP contribution in [0.5, 0.6) is 0 Å². The number of nitriles is 1. The van der Waals surface area contributed by atoms with E-state index >= 15 is 0 Å². The second-order valence-electron chi connectivity index (χ2n) is 4.16. The number of amidine groups is 1. The highest BCUT2D eigenvalue weighted by Crippen LogP contribution is 2.20. The predicted molar refractivity (Wildman–Crippen MR) is 83.0 cm³/mol. The summed E-state index contributed by atoms with van der Waals surface area (Å²) in [4.78, 5) is 16.5. The van der Waals surface area contributed by atoms with Gasteiger partial charge in [-0.25, -0.2) is 4.99 Å². The third kappa shape index (κ3) is 4.59. The van der Waals surface area contributed by atoms with Gasteiger partial charge in [0.25, 0.3) is 5.91 Å². The van der Waals surface area contributed by atoms with E-state index in [4.69, 9.17) is 5.26 Å². The third-order valence-corrected chi connectivity index (χ3v) is 3.30. The summed E-state index contributed by atoms with van der Waals surface area (Å²) < 4.78 is 0. The molecule has 0 radical (unpaired) electrons. The average Bonchev–Trinajstić information content (AvgIpc) is 2.47. The largest absolute Gasteiger partial charge is 0.350 e.